The summed E-state index contributed by atoms with van der Waals surface area (Å²) in [6.07, 6.45) is 6.85. The summed E-state index contributed by atoms with van der Waals surface area (Å²) >= 11 is 3.46. The molecule has 0 bridgehead atoms. The summed E-state index contributed by atoms with van der Waals surface area (Å²) in [4.78, 5) is 56.0. The Kier molecular flexibility index (Phi) is 9.70. The van der Waals surface area contributed by atoms with Gasteiger partial charge in [-0.2, -0.15) is 4.80 Å². The van der Waals surface area contributed by atoms with E-state index in [-0.39, 0.29) is 25.3 Å². The van der Waals surface area contributed by atoms with Crippen LogP contribution in [-0.4, -0.2) is 91.0 Å². The molecule has 2 aliphatic heterocycles. The minimum Gasteiger partial charge on any atom is -0.496 e. The molecule has 3 N–H and O–H groups in total. The third-order valence-corrected chi connectivity index (χ3v) is 9.11. The third-order valence-electron chi connectivity index (χ3n) is 8.49. The van der Waals surface area contributed by atoms with Gasteiger partial charge in [-0.1, -0.05) is 25.0 Å². The molecular weight excluding hydrogens is 662 g/mol. The molecule has 15 heteroatoms. The summed E-state index contributed by atoms with van der Waals surface area (Å²) in [5, 5.41) is 28.6. The van der Waals surface area contributed by atoms with Crippen molar-refractivity contribution in [2.24, 2.45) is 5.92 Å². The molecule has 14 nitrogen and oxygen atoms in total. The van der Waals surface area contributed by atoms with Gasteiger partial charge in [-0.3, -0.25) is 9.59 Å². The van der Waals surface area contributed by atoms with Gasteiger partial charge in [0, 0.05) is 24.4 Å². The molecule has 3 heterocycles. The molecule has 0 radical (unpaired) electrons. The van der Waals surface area contributed by atoms with Gasteiger partial charge in [0.15, 0.2) is 0 Å². The Morgan fingerprint density at radius 3 is 2.67 bits per heavy atom. The van der Waals surface area contributed by atoms with E-state index in [2.05, 4.69) is 42.0 Å². The van der Waals surface area contributed by atoms with Crippen LogP contribution in [0.2, 0.25) is 0 Å². The molecule has 2 aromatic rings. The van der Waals surface area contributed by atoms with Crippen LogP contribution in [0, 0.1) is 5.92 Å². The number of nitrogens with zero attached hydrogens (tertiary/aromatic N) is 5. The van der Waals surface area contributed by atoms with Crippen LogP contribution in [0.5, 0.6) is 5.75 Å². The average Bonchev–Trinajstić information content (AvgIpc) is 3.31. The number of carbonyl (C=O) groups is 4. The van der Waals surface area contributed by atoms with Crippen molar-refractivity contribution < 1.29 is 33.8 Å². The molecule has 248 valence electrons. The third kappa shape index (κ3) is 7.34. The van der Waals surface area contributed by atoms with Crippen molar-refractivity contribution >= 4 is 39.8 Å². The number of carbonyl (C=O) groups excluding carboxylic acids is 3. The molecule has 0 unspecified atom stereocenters. The minimum absolute atomic E-state index is 0.0505. The topological polar surface area (TPSA) is 178 Å². The Morgan fingerprint density at radius 2 is 1.98 bits per heavy atom. The number of amides is 3. The standard InChI is InChI=1S/C31H40BrN7O7/c1-30(2,3)46-29(44)33-22-11-9-7-5-6-8-10-19-16-31(19,28(42)43)34-26(40)23-15-20(17-38(23)27(22)41)39-36-25(35-37-39)18-12-13-24(45-4)21(32)14-18/h8,10,12-14,19-20,22-23H,5-7,9,11,15-17H2,1-4H3,(H,33,44)(H,34,40)(H,42,43)/b10-8-/t19-,20-,22+,23+,31-/m1/s1. The van der Waals surface area contributed by atoms with E-state index in [1.807, 2.05) is 12.2 Å². The highest BCUT2D eigenvalue weighted by atomic mass is 79.9. The van der Waals surface area contributed by atoms with E-state index in [4.69, 9.17) is 9.47 Å². The van der Waals surface area contributed by atoms with Gasteiger partial charge in [0.1, 0.15) is 29.0 Å². The molecule has 1 aromatic heterocycles. The second-order valence-corrected chi connectivity index (χ2v) is 13.9. The fourth-order valence-corrected chi connectivity index (χ4v) is 6.54. The fourth-order valence-electron chi connectivity index (χ4n) is 6.00. The smallest absolute Gasteiger partial charge is 0.408 e. The monoisotopic (exact) mass is 701 g/mol. The number of ether oxygens (including phenoxy) is 2. The number of fused-ring (bicyclic) bond motifs is 2. The first-order valence-corrected chi connectivity index (χ1v) is 16.3. The van der Waals surface area contributed by atoms with E-state index in [9.17, 15) is 24.3 Å². The summed E-state index contributed by atoms with van der Waals surface area (Å²) in [7, 11) is 1.56. The number of alkyl carbamates (subject to hydrolysis) is 1. The van der Waals surface area contributed by atoms with E-state index >= 15 is 0 Å². The zero-order chi connectivity index (χ0) is 33.2. The molecule has 1 saturated heterocycles. The highest BCUT2D eigenvalue weighted by molar-refractivity contribution is 9.10. The summed E-state index contributed by atoms with van der Waals surface area (Å²) < 4.78 is 11.5. The first-order valence-electron chi connectivity index (χ1n) is 15.5. The molecule has 1 aliphatic carbocycles. The van der Waals surface area contributed by atoms with Gasteiger partial charge >= 0.3 is 12.1 Å². The molecule has 3 aliphatic rings. The summed E-state index contributed by atoms with van der Waals surface area (Å²) in [6, 6.07) is 2.83. The molecule has 46 heavy (non-hydrogen) atoms. The van der Waals surface area contributed by atoms with Crippen LogP contribution >= 0.6 is 15.9 Å². The number of aromatic nitrogens is 4. The first-order chi connectivity index (χ1) is 21.8. The van der Waals surface area contributed by atoms with Crippen LogP contribution in [-0.2, 0) is 19.1 Å². The maximum Gasteiger partial charge on any atom is 0.408 e. The number of hydrogen-bond donors (Lipinski definition) is 3. The highest BCUT2D eigenvalue weighted by Crippen LogP contribution is 2.45. The minimum atomic E-state index is -1.44. The van der Waals surface area contributed by atoms with Crippen molar-refractivity contribution in [3.05, 3.63) is 34.8 Å². The predicted octanol–water partition coefficient (Wildman–Crippen LogP) is 3.63. The molecule has 5 rings (SSSR count). The number of rotatable bonds is 5. The van der Waals surface area contributed by atoms with Gasteiger partial charge in [-0.05, 0) is 85.8 Å². The largest absolute Gasteiger partial charge is 0.496 e. The van der Waals surface area contributed by atoms with Crippen LogP contribution in [0.3, 0.4) is 0 Å². The Labute approximate surface area is 275 Å². The number of halogens is 1. The fraction of sp³-hybridized carbons (Fsp3) is 0.581. The molecule has 3 amide bonds. The second-order valence-electron chi connectivity index (χ2n) is 13.0. The van der Waals surface area contributed by atoms with Crippen molar-refractivity contribution in [1.82, 2.24) is 35.7 Å². The molecular formula is C31H40BrN7O7. The normalized spacial score (nSPS) is 27.7. The van der Waals surface area contributed by atoms with Crippen molar-refractivity contribution in [3.63, 3.8) is 0 Å². The summed E-state index contributed by atoms with van der Waals surface area (Å²) in [6.45, 7) is 5.25. The van der Waals surface area contributed by atoms with Crippen LogP contribution in [0.15, 0.2) is 34.8 Å². The lowest BCUT2D eigenvalue weighted by atomic mass is 10.0. The Hall–Kier alpha value is -4.01. The SMILES string of the molecule is COc1ccc(-c2nnn([C@@H]3C[C@H]4C(=O)N[C@]5(C(=O)O)C[C@H]5/C=C\CCCCC[C@H](NC(=O)OC(C)(C)C)C(=O)N4C3)n2)cc1Br. The van der Waals surface area contributed by atoms with Crippen LogP contribution in [0.4, 0.5) is 4.79 Å². The van der Waals surface area contributed by atoms with E-state index in [0.717, 1.165) is 19.3 Å². The number of allylic oxidation sites excluding steroid dienone is 1. The van der Waals surface area contributed by atoms with Crippen LogP contribution in [0.25, 0.3) is 11.4 Å². The number of nitrogens with one attached hydrogen (secondary N) is 2. The number of carboxylic acids is 1. The van der Waals surface area contributed by atoms with Gasteiger partial charge in [0.2, 0.25) is 17.6 Å². The molecule has 1 aromatic carbocycles. The molecule has 1 saturated carbocycles. The van der Waals surface area contributed by atoms with Gasteiger partial charge in [-0.15, -0.1) is 10.2 Å². The van der Waals surface area contributed by atoms with Crippen molar-refractivity contribution in [2.75, 3.05) is 13.7 Å². The Bertz CT molecular complexity index is 1520. The Balaban J connectivity index is 1.44. The van der Waals surface area contributed by atoms with Crippen molar-refractivity contribution in [1.29, 1.82) is 0 Å². The van der Waals surface area contributed by atoms with Crippen LogP contribution in [0.1, 0.15) is 71.8 Å². The van der Waals surface area contributed by atoms with E-state index in [1.165, 1.54) is 9.70 Å². The average molecular weight is 703 g/mol. The van der Waals surface area contributed by atoms with Gasteiger partial charge < -0.3 is 30.1 Å². The number of carboxylic acid groups (broad SMARTS) is 1. The maximum absolute atomic E-state index is 14.2. The lowest BCUT2D eigenvalue weighted by molar-refractivity contribution is -0.145. The summed E-state index contributed by atoms with van der Waals surface area (Å²) in [5.74, 6) is -1.53. The first kappa shape index (κ1) is 33.4. The van der Waals surface area contributed by atoms with Crippen molar-refractivity contribution in [3.8, 4) is 17.1 Å². The molecule has 2 fully saturated rings. The van der Waals surface area contributed by atoms with E-state index < -0.39 is 53.1 Å². The number of tetrazole rings is 1. The Morgan fingerprint density at radius 1 is 1.20 bits per heavy atom. The lowest BCUT2D eigenvalue weighted by Gasteiger charge is -2.30. The highest BCUT2D eigenvalue weighted by Gasteiger charge is 2.61. The number of benzene rings is 1. The second kappa shape index (κ2) is 13.4. The lowest BCUT2D eigenvalue weighted by Crippen LogP contribution is -2.56. The number of aliphatic carboxylic acids is 1. The van der Waals surface area contributed by atoms with Gasteiger partial charge in [0.05, 0.1) is 17.6 Å². The zero-order valence-corrected chi connectivity index (χ0v) is 27.9. The maximum atomic E-state index is 14.2. The van der Waals surface area contributed by atoms with Gasteiger partial charge in [-0.25, -0.2) is 9.59 Å². The number of hydrogen-bond acceptors (Lipinski definition) is 9. The van der Waals surface area contributed by atoms with Crippen LogP contribution < -0.4 is 15.4 Å². The van der Waals surface area contributed by atoms with Crippen molar-refractivity contribution in [2.45, 2.75) is 95.0 Å². The molecule has 0 spiro atoms. The molecule has 5 atom stereocenters. The summed E-state index contributed by atoms with van der Waals surface area (Å²) in [5.41, 5.74) is -1.53. The van der Waals surface area contributed by atoms with E-state index in [1.54, 1.807) is 46.1 Å². The van der Waals surface area contributed by atoms with E-state index in [0.29, 0.717) is 34.5 Å². The zero-order valence-electron chi connectivity index (χ0n) is 26.4. The quantitative estimate of drug-likeness (QED) is 0.390. The van der Waals surface area contributed by atoms with Gasteiger partial charge in [0.25, 0.3) is 0 Å². The predicted molar refractivity (Wildman–Crippen MR) is 169 cm³/mol. The number of methoxy groups -OCH3 is 1.